The number of benzene rings is 2. The van der Waals surface area contributed by atoms with Crippen molar-refractivity contribution in [1.29, 1.82) is 0 Å². The Morgan fingerprint density at radius 1 is 1.20 bits per heavy atom. The van der Waals surface area contributed by atoms with Gasteiger partial charge in [-0.2, -0.15) is 0 Å². The van der Waals surface area contributed by atoms with Gasteiger partial charge >= 0.3 is 0 Å². The Hall–Kier alpha value is -1.63. The second-order valence-electron chi connectivity index (χ2n) is 4.00. The molecule has 0 unspecified atom stereocenters. The van der Waals surface area contributed by atoms with Gasteiger partial charge in [0.1, 0.15) is 5.82 Å². The van der Waals surface area contributed by atoms with Crippen LogP contribution in [0, 0.1) is 5.82 Å². The van der Waals surface area contributed by atoms with Crippen LogP contribution < -0.4 is 4.72 Å². The molecular formula is C13H11ClFNO3S. The molecule has 0 aromatic heterocycles. The van der Waals surface area contributed by atoms with Crippen LogP contribution in [-0.2, 0) is 16.6 Å². The topological polar surface area (TPSA) is 66.4 Å². The van der Waals surface area contributed by atoms with Gasteiger partial charge in [-0.15, -0.1) is 0 Å². The van der Waals surface area contributed by atoms with Gasteiger partial charge in [-0.3, -0.25) is 4.72 Å². The summed E-state index contributed by atoms with van der Waals surface area (Å²) in [4.78, 5) is -0.0807. The van der Waals surface area contributed by atoms with Crippen LogP contribution in [0.25, 0.3) is 0 Å². The Morgan fingerprint density at radius 2 is 1.90 bits per heavy atom. The van der Waals surface area contributed by atoms with Crippen LogP contribution >= 0.6 is 11.6 Å². The molecular weight excluding hydrogens is 305 g/mol. The molecule has 0 bridgehead atoms. The molecule has 0 saturated heterocycles. The van der Waals surface area contributed by atoms with Gasteiger partial charge in [-0.25, -0.2) is 12.8 Å². The first-order valence-corrected chi connectivity index (χ1v) is 7.47. The summed E-state index contributed by atoms with van der Waals surface area (Å²) in [6.45, 7) is -0.423. The maximum Gasteiger partial charge on any atom is 0.262 e. The molecule has 0 amide bonds. The number of rotatable bonds is 4. The van der Waals surface area contributed by atoms with E-state index in [2.05, 4.69) is 4.72 Å². The Kier molecular flexibility index (Phi) is 4.27. The van der Waals surface area contributed by atoms with Crippen LogP contribution in [0.5, 0.6) is 0 Å². The summed E-state index contributed by atoms with van der Waals surface area (Å²) in [5.74, 6) is -0.609. The molecule has 2 N–H and O–H groups in total. The Bertz CT molecular complexity index is 734. The smallest absolute Gasteiger partial charge is 0.262 e. The van der Waals surface area contributed by atoms with E-state index in [0.29, 0.717) is 0 Å². The number of hydrogen-bond acceptors (Lipinski definition) is 3. The monoisotopic (exact) mass is 315 g/mol. The van der Waals surface area contributed by atoms with Crippen molar-refractivity contribution in [3.63, 3.8) is 0 Å². The van der Waals surface area contributed by atoms with Crippen molar-refractivity contribution in [2.24, 2.45) is 0 Å². The molecule has 2 aromatic carbocycles. The van der Waals surface area contributed by atoms with Crippen molar-refractivity contribution < 1.29 is 17.9 Å². The number of hydrogen-bond donors (Lipinski definition) is 2. The first-order valence-electron chi connectivity index (χ1n) is 5.60. The highest BCUT2D eigenvalue weighted by Crippen LogP contribution is 2.26. The average molecular weight is 316 g/mol. The first-order chi connectivity index (χ1) is 9.44. The van der Waals surface area contributed by atoms with Gasteiger partial charge in [0.15, 0.2) is 0 Å². The van der Waals surface area contributed by atoms with Gasteiger partial charge in [0.25, 0.3) is 10.0 Å². The third-order valence-corrected chi connectivity index (χ3v) is 4.40. The minimum atomic E-state index is -3.96. The molecule has 2 aromatic rings. The summed E-state index contributed by atoms with van der Waals surface area (Å²) < 4.78 is 39.8. The number of halogens is 2. The third kappa shape index (κ3) is 3.09. The number of aliphatic hydroxyl groups is 1. The van der Waals surface area contributed by atoms with Crippen molar-refractivity contribution >= 4 is 27.3 Å². The van der Waals surface area contributed by atoms with Gasteiger partial charge in [0.2, 0.25) is 0 Å². The predicted octanol–water partition coefficient (Wildman–Crippen LogP) is 2.77. The maximum atomic E-state index is 13.1. The van der Waals surface area contributed by atoms with Crippen molar-refractivity contribution in [2.75, 3.05) is 4.72 Å². The lowest BCUT2D eigenvalue weighted by Gasteiger charge is -2.12. The van der Waals surface area contributed by atoms with E-state index >= 15 is 0 Å². The highest BCUT2D eigenvalue weighted by molar-refractivity contribution is 7.92. The van der Waals surface area contributed by atoms with Crippen LogP contribution in [0.15, 0.2) is 47.4 Å². The quantitative estimate of drug-likeness (QED) is 0.911. The summed E-state index contributed by atoms with van der Waals surface area (Å²) in [5.41, 5.74) is 0.187. The fourth-order valence-corrected chi connectivity index (χ4v) is 3.20. The standard InChI is InChI=1S/C13H11ClFNO3S/c14-11-6-5-10(15)7-12(11)16-20(18,19)13-4-2-1-3-9(13)8-17/h1-7,16-17H,8H2. The minimum Gasteiger partial charge on any atom is -0.392 e. The van der Waals surface area contributed by atoms with E-state index in [0.717, 1.165) is 12.1 Å². The lowest BCUT2D eigenvalue weighted by molar-refractivity contribution is 0.278. The van der Waals surface area contributed by atoms with E-state index < -0.39 is 22.4 Å². The third-order valence-electron chi connectivity index (χ3n) is 2.61. The molecule has 0 atom stereocenters. The molecule has 0 radical (unpaired) electrons. The van der Waals surface area contributed by atoms with Crippen LogP contribution in [0.1, 0.15) is 5.56 Å². The second-order valence-corrected chi connectivity index (χ2v) is 6.05. The molecule has 0 fully saturated rings. The average Bonchev–Trinajstić information content (AvgIpc) is 2.42. The number of nitrogens with one attached hydrogen (secondary N) is 1. The van der Waals surface area contributed by atoms with Gasteiger partial charge in [0.05, 0.1) is 22.2 Å². The molecule has 0 spiro atoms. The maximum absolute atomic E-state index is 13.1. The number of aliphatic hydroxyl groups excluding tert-OH is 1. The summed E-state index contributed by atoms with van der Waals surface area (Å²) in [6, 6.07) is 9.35. The SMILES string of the molecule is O=S(=O)(Nc1cc(F)ccc1Cl)c1ccccc1CO. The van der Waals surface area contributed by atoms with E-state index in [-0.39, 0.29) is 21.2 Å². The first kappa shape index (κ1) is 14.8. The van der Waals surface area contributed by atoms with Crippen molar-refractivity contribution in [3.05, 3.63) is 58.9 Å². The van der Waals surface area contributed by atoms with E-state index in [1.807, 2.05) is 0 Å². The van der Waals surface area contributed by atoms with E-state index in [9.17, 15) is 12.8 Å². The van der Waals surface area contributed by atoms with E-state index in [1.54, 1.807) is 6.07 Å². The molecule has 4 nitrogen and oxygen atoms in total. The lowest BCUT2D eigenvalue weighted by Crippen LogP contribution is -2.15. The Balaban J connectivity index is 2.43. The lowest BCUT2D eigenvalue weighted by atomic mass is 10.2. The summed E-state index contributed by atoms with van der Waals surface area (Å²) in [5, 5.41) is 9.25. The predicted molar refractivity (Wildman–Crippen MR) is 74.6 cm³/mol. The fourth-order valence-electron chi connectivity index (χ4n) is 1.67. The Morgan fingerprint density at radius 3 is 2.60 bits per heavy atom. The van der Waals surface area contributed by atoms with Crippen molar-refractivity contribution in [3.8, 4) is 0 Å². The molecule has 20 heavy (non-hydrogen) atoms. The summed E-state index contributed by atoms with van der Waals surface area (Å²) in [6.07, 6.45) is 0. The zero-order chi connectivity index (χ0) is 14.8. The second kappa shape index (κ2) is 5.78. The molecule has 0 heterocycles. The van der Waals surface area contributed by atoms with Gasteiger partial charge in [0, 0.05) is 0 Å². The minimum absolute atomic E-state index is 0.0561. The van der Waals surface area contributed by atoms with E-state index in [4.69, 9.17) is 16.7 Å². The van der Waals surface area contributed by atoms with Gasteiger partial charge in [-0.1, -0.05) is 29.8 Å². The molecule has 0 aliphatic heterocycles. The van der Waals surface area contributed by atoms with Crippen molar-refractivity contribution in [2.45, 2.75) is 11.5 Å². The van der Waals surface area contributed by atoms with Crippen LogP contribution in [0.2, 0.25) is 5.02 Å². The molecule has 0 aliphatic rings. The highest BCUT2D eigenvalue weighted by atomic mass is 35.5. The summed E-state index contributed by atoms with van der Waals surface area (Å²) in [7, 11) is -3.96. The van der Waals surface area contributed by atoms with Crippen molar-refractivity contribution in [1.82, 2.24) is 0 Å². The van der Waals surface area contributed by atoms with Crippen LogP contribution in [0.3, 0.4) is 0 Å². The molecule has 7 heteroatoms. The van der Waals surface area contributed by atoms with E-state index in [1.165, 1.54) is 24.3 Å². The molecule has 2 rings (SSSR count). The van der Waals surface area contributed by atoms with Crippen LogP contribution in [0.4, 0.5) is 10.1 Å². The fraction of sp³-hybridized carbons (Fsp3) is 0.0769. The van der Waals surface area contributed by atoms with Gasteiger partial charge < -0.3 is 5.11 Å². The number of anilines is 1. The normalized spacial score (nSPS) is 11.3. The molecule has 0 saturated carbocycles. The highest BCUT2D eigenvalue weighted by Gasteiger charge is 2.19. The largest absolute Gasteiger partial charge is 0.392 e. The zero-order valence-corrected chi connectivity index (χ0v) is 11.7. The molecule has 106 valence electrons. The van der Waals surface area contributed by atoms with Crippen LogP contribution in [-0.4, -0.2) is 13.5 Å². The molecule has 0 aliphatic carbocycles. The summed E-state index contributed by atoms with van der Waals surface area (Å²) >= 11 is 5.82. The Labute approximate surface area is 120 Å². The van der Waals surface area contributed by atoms with Gasteiger partial charge in [-0.05, 0) is 29.8 Å². The zero-order valence-electron chi connectivity index (χ0n) is 10.2. The number of sulfonamides is 1.